The van der Waals surface area contributed by atoms with Crippen LogP contribution in [0.25, 0.3) is 0 Å². The number of rotatable bonds is 3. The van der Waals surface area contributed by atoms with Gasteiger partial charge in [0.2, 0.25) is 0 Å². The molecule has 12 heavy (non-hydrogen) atoms. The highest BCUT2D eigenvalue weighted by atomic mass is 16.5. The second-order valence-corrected chi connectivity index (χ2v) is 2.41. The molecule has 0 spiro atoms. The minimum absolute atomic E-state index is 0.232. The van der Waals surface area contributed by atoms with Gasteiger partial charge in [-0.1, -0.05) is 0 Å². The first-order valence-electron chi connectivity index (χ1n) is 3.69. The molecule has 0 fully saturated rings. The zero-order valence-corrected chi connectivity index (χ0v) is 6.99. The molecule has 0 amide bonds. The van der Waals surface area contributed by atoms with Gasteiger partial charge in [-0.15, -0.1) is 0 Å². The molecule has 0 saturated carbocycles. The van der Waals surface area contributed by atoms with Gasteiger partial charge in [-0.25, -0.2) is 0 Å². The molecule has 1 aromatic rings. The van der Waals surface area contributed by atoms with Crippen molar-refractivity contribution in [2.45, 2.75) is 13.1 Å². The van der Waals surface area contributed by atoms with Crippen LogP contribution >= 0.6 is 0 Å². The fraction of sp³-hybridized carbons (Fsp3) is 0.375. The number of carbonyl (C=O) groups excluding carboxylic acids is 1. The van der Waals surface area contributed by atoms with E-state index in [4.69, 9.17) is 5.73 Å². The van der Waals surface area contributed by atoms with Gasteiger partial charge in [-0.2, -0.15) is 0 Å². The molecule has 0 bridgehead atoms. The lowest BCUT2D eigenvalue weighted by molar-refractivity contribution is -0.141. The number of nitrogens with zero attached hydrogens (tertiary/aromatic N) is 1. The van der Waals surface area contributed by atoms with Gasteiger partial charge in [-0.05, 0) is 12.1 Å². The van der Waals surface area contributed by atoms with Crippen LogP contribution in [0, 0.1) is 0 Å². The highest BCUT2D eigenvalue weighted by Gasteiger charge is 2.03. The number of ether oxygens (including phenoxy) is 1. The predicted octanol–water partition coefficient (Wildman–Crippen LogP) is 0.120. The van der Waals surface area contributed by atoms with Crippen molar-refractivity contribution in [1.29, 1.82) is 0 Å². The van der Waals surface area contributed by atoms with Gasteiger partial charge in [0.1, 0.15) is 6.54 Å². The predicted molar refractivity (Wildman–Crippen MR) is 44.3 cm³/mol. The van der Waals surface area contributed by atoms with E-state index in [0.717, 1.165) is 5.69 Å². The summed E-state index contributed by atoms with van der Waals surface area (Å²) in [6.45, 7) is 0.667. The minimum Gasteiger partial charge on any atom is -0.468 e. The van der Waals surface area contributed by atoms with Crippen molar-refractivity contribution < 1.29 is 9.53 Å². The fourth-order valence-electron chi connectivity index (χ4n) is 0.993. The monoisotopic (exact) mass is 168 g/mol. The Morgan fingerprint density at radius 3 is 3.08 bits per heavy atom. The third-order valence-electron chi connectivity index (χ3n) is 1.66. The normalized spacial score (nSPS) is 9.83. The van der Waals surface area contributed by atoms with Crippen LogP contribution in [-0.4, -0.2) is 17.6 Å². The van der Waals surface area contributed by atoms with E-state index in [1.54, 1.807) is 10.8 Å². The fourth-order valence-corrected chi connectivity index (χ4v) is 0.993. The standard InChI is InChI=1S/C8H12N2O2/c1-12-8(11)6-10-4-2-3-7(10)5-9/h2-4H,5-6,9H2,1H3. The van der Waals surface area contributed by atoms with Crippen LogP contribution in [0.1, 0.15) is 5.69 Å². The number of methoxy groups -OCH3 is 1. The maximum atomic E-state index is 10.9. The molecule has 0 aliphatic heterocycles. The number of nitrogens with two attached hydrogens (primary N) is 1. The van der Waals surface area contributed by atoms with Crippen molar-refractivity contribution in [3.63, 3.8) is 0 Å². The summed E-state index contributed by atoms with van der Waals surface area (Å²) < 4.78 is 6.29. The molecule has 66 valence electrons. The molecule has 1 heterocycles. The molecule has 1 aromatic heterocycles. The highest BCUT2D eigenvalue weighted by Crippen LogP contribution is 2.00. The summed E-state index contributed by atoms with van der Waals surface area (Å²) in [6.07, 6.45) is 1.80. The van der Waals surface area contributed by atoms with E-state index >= 15 is 0 Å². The second kappa shape index (κ2) is 3.92. The molecule has 0 unspecified atom stereocenters. The van der Waals surface area contributed by atoms with Gasteiger partial charge in [0, 0.05) is 18.4 Å². The SMILES string of the molecule is COC(=O)Cn1cccc1CN. The van der Waals surface area contributed by atoms with E-state index in [1.807, 2.05) is 12.1 Å². The van der Waals surface area contributed by atoms with Crippen molar-refractivity contribution in [3.8, 4) is 0 Å². The number of esters is 1. The highest BCUT2D eigenvalue weighted by molar-refractivity contribution is 5.69. The van der Waals surface area contributed by atoms with Crippen molar-refractivity contribution in [2.75, 3.05) is 7.11 Å². The lowest BCUT2D eigenvalue weighted by Gasteiger charge is -2.04. The number of aromatic nitrogens is 1. The lowest BCUT2D eigenvalue weighted by Crippen LogP contribution is -2.14. The Labute approximate surface area is 70.9 Å². The van der Waals surface area contributed by atoms with Crippen LogP contribution in [-0.2, 0) is 22.6 Å². The van der Waals surface area contributed by atoms with Gasteiger partial charge < -0.3 is 15.0 Å². The molecule has 0 aliphatic rings. The maximum Gasteiger partial charge on any atom is 0.325 e. The largest absolute Gasteiger partial charge is 0.468 e. The Bertz CT molecular complexity index is 268. The second-order valence-electron chi connectivity index (χ2n) is 2.41. The summed E-state index contributed by atoms with van der Waals surface area (Å²) in [5, 5.41) is 0. The Balaban J connectivity index is 2.68. The van der Waals surface area contributed by atoms with Gasteiger partial charge in [0.15, 0.2) is 0 Å². The average Bonchev–Trinajstić information content (AvgIpc) is 2.51. The Morgan fingerprint density at radius 2 is 2.50 bits per heavy atom. The summed E-state index contributed by atoms with van der Waals surface area (Å²) in [5.41, 5.74) is 6.37. The summed E-state index contributed by atoms with van der Waals surface area (Å²) in [4.78, 5) is 10.9. The van der Waals surface area contributed by atoms with Crippen LogP contribution in [0.4, 0.5) is 0 Å². The van der Waals surface area contributed by atoms with Crippen molar-refractivity contribution in [1.82, 2.24) is 4.57 Å². The zero-order chi connectivity index (χ0) is 8.97. The third-order valence-corrected chi connectivity index (χ3v) is 1.66. The quantitative estimate of drug-likeness (QED) is 0.652. The van der Waals surface area contributed by atoms with Gasteiger partial charge in [0.05, 0.1) is 7.11 Å². The van der Waals surface area contributed by atoms with Gasteiger partial charge in [0.25, 0.3) is 0 Å². The van der Waals surface area contributed by atoms with Gasteiger partial charge in [-0.3, -0.25) is 4.79 Å². The van der Waals surface area contributed by atoms with Crippen LogP contribution in [0.2, 0.25) is 0 Å². The molecule has 1 rings (SSSR count). The molecule has 4 nitrogen and oxygen atoms in total. The zero-order valence-electron chi connectivity index (χ0n) is 6.99. The topological polar surface area (TPSA) is 57.2 Å². The molecule has 0 aliphatic carbocycles. The summed E-state index contributed by atoms with van der Waals surface area (Å²) >= 11 is 0. The third kappa shape index (κ3) is 1.85. The summed E-state index contributed by atoms with van der Waals surface area (Å²) in [6, 6.07) is 3.73. The Kier molecular flexibility index (Phi) is 2.88. The van der Waals surface area contributed by atoms with Crippen LogP contribution < -0.4 is 5.73 Å². The molecule has 0 atom stereocenters. The number of carbonyl (C=O) groups is 1. The Morgan fingerprint density at radius 1 is 1.75 bits per heavy atom. The number of hydrogen-bond acceptors (Lipinski definition) is 3. The smallest absolute Gasteiger partial charge is 0.325 e. The first-order chi connectivity index (χ1) is 5.77. The van der Waals surface area contributed by atoms with Crippen molar-refractivity contribution in [2.24, 2.45) is 5.73 Å². The summed E-state index contributed by atoms with van der Waals surface area (Å²) in [7, 11) is 1.37. The van der Waals surface area contributed by atoms with E-state index in [9.17, 15) is 4.79 Å². The van der Waals surface area contributed by atoms with Crippen LogP contribution in [0.5, 0.6) is 0 Å². The Hall–Kier alpha value is -1.29. The first kappa shape index (κ1) is 8.80. The van der Waals surface area contributed by atoms with Gasteiger partial charge >= 0.3 is 5.97 Å². The molecule has 2 N–H and O–H groups in total. The first-order valence-corrected chi connectivity index (χ1v) is 3.69. The number of hydrogen-bond donors (Lipinski definition) is 1. The molecular formula is C8H12N2O2. The van der Waals surface area contributed by atoms with E-state index in [0.29, 0.717) is 6.54 Å². The van der Waals surface area contributed by atoms with E-state index in [1.165, 1.54) is 7.11 Å². The molecule has 4 heteroatoms. The lowest BCUT2D eigenvalue weighted by atomic mass is 10.4. The van der Waals surface area contributed by atoms with Crippen LogP contribution in [0.3, 0.4) is 0 Å². The molecule has 0 aromatic carbocycles. The van der Waals surface area contributed by atoms with Crippen LogP contribution in [0.15, 0.2) is 18.3 Å². The summed E-state index contributed by atoms with van der Waals surface area (Å²) in [5.74, 6) is -0.263. The van der Waals surface area contributed by atoms with E-state index in [-0.39, 0.29) is 12.5 Å². The van der Waals surface area contributed by atoms with Crippen molar-refractivity contribution in [3.05, 3.63) is 24.0 Å². The minimum atomic E-state index is -0.263. The average molecular weight is 168 g/mol. The molecular weight excluding hydrogens is 156 g/mol. The molecule has 0 saturated heterocycles. The van der Waals surface area contributed by atoms with Crippen molar-refractivity contribution >= 4 is 5.97 Å². The maximum absolute atomic E-state index is 10.9. The molecule has 0 radical (unpaired) electrons. The van der Waals surface area contributed by atoms with E-state index in [2.05, 4.69) is 4.74 Å². The van der Waals surface area contributed by atoms with E-state index < -0.39 is 0 Å².